The lowest BCUT2D eigenvalue weighted by atomic mass is 10.2. The molecule has 86 valence electrons. The monoisotopic (exact) mass is 234 g/mol. The van der Waals surface area contributed by atoms with Crippen LogP contribution in [0.25, 0.3) is 22.4 Å². The fourth-order valence-electron chi connectivity index (χ4n) is 1.76. The lowest BCUT2D eigenvalue weighted by molar-refractivity contribution is 0.510. The highest BCUT2D eigenvalue weighted by atomic mass is 19.2. The summed E-state index contributed by atoms with van der Waals surface area (Å²) in [5, 5.41) is 0. The summed E-state index contributed by atoms with van der Waals surface area (Å²) in [7, 11) is 0. The van der Waals surface area contributed by atoms with Gasteiger partial charge in [-0.3, -0.25) is 0 Å². The maximum absolute atomic E-state index is 13.0. The van der Waals surface area contributed by atoms with Gasteiger partial charge in [0.15, 0.2) is 11.6 Å². The molecule has 17 heavy (non-hydrogen) atoms. The fourth-order valence-corrected chi connectivity index (χ4v) is 1.76. The van der Waals surface area contributed by atoms with Crippen LogP contribution in [0.1, 0.15) is 5.76 Å². The number of nitrogens with one attached hydrogen (secondary N) is 1. The number of nitrogens with zero attached hydrogens (tertiary/aromatic N) is 1. The van der Waals surface area contributed by atoms with Crippen LogP contribution in [-0.4, -0.2) is 9.97 Å². The molecule has 0 saturated carbocycles. The molecule has 0 bridgehead atoms. The van der Waals surface area contributed by atoms with Crippen molar-refractivity contribution in [2.75, 3.05) is 0 Å². The van der Waals surface area contributed by atoms with Gasteiger partial charge in [-0.25, -0.2) is 13.8 Å². The highest BCUT2D eigenvalue weighted by molar-refractivity contribution is 5.79. The summed E-state index contributed by atoms with van der Waals surface area (Å²) in [6.45, 7) is 1.80. The topological polar surface area (TPSA) is 41.8 Å². The van der Waals surface area contributed by atoms with Crippen LogP contribution in [0.2, 0.25) is 0 Å². The first kappa shape index (κ1) is 10.0. The van der Waals surface area contributed by atoms with Gasteiger partial charge in [-0.05, 0) is 13.0 Å². The van der Waals surface area contributed by atoms with Crippen LogP contribution in [0, 0.1) is 18.6 Å². The standard InChI is InChI=1S/C12H8F2N2O/c1-6-7(2-3-17-6)12-15-10-4-8(13)9(14)5-11(10)16-12/h2-5H,1H3,(H,15,16). The van der Waals surface area contributed by atoms with Crippen LogP contribution >= 0.6 is 0 Å². The van der Waals surface area contributed by atoms with E-state index in [-0.39, 0.29) is 0 Å². The number of aromatic amines is 1. The predicted octanol–water partition coefficient (Wildman–Crippen LogP) is 3.41. The molecule has 0 aliphatic heterocycles. The van der Waals surface area contributed by atoms with E-state index in [1.807, 2.05) is 0 Å². The van der Waals surface area contributed by atoms with E-state index >= 15 is 0 Å². The number of H-pyrrole nitrogens is 1. The van der Waals surface area contributed by atoms with Gasteiger partial charge in [0.25, 0.3) is 0 Å². The SMILES string of the molecule is Cc1occc1-c1nc2cc(F)c(F)cc2[nH]1. The second-order valence-corrected chi connectivity index (χ2v) is 3.76. The fraction of sp³-hybridized carbons (Fsp3) is 0.0833. The van der Waals surface area contributed by atoms with Crippen molar-refractivity contribution in [3.63, 3.8) is 0 Å². The Morgan fingerprint density at radius 1 is 1.24 bits per heavy atom. The Labute approximate surface area is 95.1 Å². The van der Waals surface area contributed by atoms with Crippen molar-refractivity contribution >= 4 is 11.0 Å². The van der Waals surface area contributed by atoms with Crippen molar-refractivity contribution in [1.29, 1.82) is 0 Å². The molecule has 3 nitrogen and oxygen atoms in total. The van der Waals surface area contributed by atoms with Crippen LogP contribution in [0.4, 0.5) is 8.78 Å². The molecule has 3 rings (SSSR count). The molecular formula is C12H8F2N2O. The summed E-state index contributed by atoms with van der Waals surface area (Å²) in [6.07, 6.45) is 1.54. The Bertz CT molecular complexity index is 661. The van der Waals surface area contributed by atoms with E-state index in [0.717, 1.165) is 17.7 Å². The number of hydrogen-bond donors (Lipinski definition) is 1. The number of halogens is 2. The van der Waals surface area contributed by atoms with Crippen molar-refractivity contribution in [1.82, 2.24) is 9.97 Å². The van der Waals surface area contributed by atoms with E-state index in [1.54, 1.807) is 19.3 Å². The van der Waals surface area contributed by atoms with Crippen LogP contribution in [0.5, 0.6) is 0 Å². The maximum Gasteiger partial charge on any atom is 0.161 e. The second-order valence-electron chi connectivity index (χ2n) is 3.76. The molecule has 0 saturated heterocycles. The zero-order chi connectivity index (χ0) is 12.0. The van der Waals surface area contributed by atoms with E-state index in [2.05, 4.69) is 9.97 Å². The van der Waals surface area contributed by atoms with Crippen LogP contribution in [0.3, 0.4) is 0 Å². The van der Waals surface area contributed by atoms with Gasteiger partial charge in [-0.15, -0.1) is 0 Å². The normalized spacial score (nSPS) is 11.2. The van der Waals surface area contributed by atoms with Crippen molar-refractivity contribution in [2.45, 2.75) is 6.92 Å². The minimum Gasteiger partial charge on any atom is -0.469 e. The van der Waals surface area contributed by atoms with E-state index in [0.29, 0.717) is 22.6 Å². The summed E-state index contributed by atoms with van der Waals surface area (Å²) in [5.41, 5.74) is 1.63. The number of aryl methyl sites for hydroxylation is 1. The summed E-state index contributed by atoms with van der Waals surface area (Å²) in [6, 6.07) is 3.91. The molecule has 0 atom stereocenters. The van der Waals surface area contributed by atoms with Gasteiger partial charge in [-0.2, -0.15) is 0 Å². The van der Waals surface area contributed by atoms with Gasteiger partial charge in [0.1, 0.15) is 11.6 Å². The van der Waals surface area contributed by atoms with Gasteiger partial charge >= 0.3 is 0 Å². The molecule has 0 aliphatic carbocycles. The minimum atomic E-state index is -0.903. The molecular weight excluding hydrogens is 226 g/mol. The van der Waals surface area contributed by atoms with E-state index in [4.69, 9.17) is 4.42 Å². The van der Waals surface area contributed by atoms with Gasteiger partial charge in [0, 0.05) is 12.1 Å². The first-order valence-corrected chi connectivity index (χ1v) is 5.04. The Hall–Kier alpha value is -2.17. The zero-order valence-corrected chi connectivity index (χ0v) is 8.92. The van der Waals surface area contributed by atoms with E-state index < -0.39 is 11.6 Å². The number of imidazole rings is 1. The number of furan rings is 1. The number of hydrogen-bond acceptors (Lipinski definition) is 2. The van der Waals surface area contributed by atoms with Crippen molar-refractivity contribution in [2.24, 2.45) is 0 Å². The summed E-state index contributed by atoms with van der Waals surface area (Å²) in [4.78, 5) is 7.12. The number of aromatic nitrogens is 2. The van der Waals surface area contributed by atoms with Crippen LogP contribution in [0.15, 0.2) is 28.9 Å². The Balaban J connectivity index is 2.24. The van der Waals surface area contributed by atoms with Crippen LogP contribution < -0.4 is 0 Å². The van der Waals surface area contributed by atoms with Crippen molar-refractivity contribution in [3.8, 4) is 11.4 Å². The molecule has 0 aliphatic rings. The van der Waals surface area contributed by atoms with Crippen molar-refractivity contribution in [3.05, 3.63) is 41.9 Å². The van der Waals surface area contributed by atoms with Crippen molar-refractivity contribution < 1.29 is 13.2 Å². The summed E-state index contributed by atoms with van der Waals surface area (Å²) in [5.74, 6) is -0.558. The highest BCUT2D eigenvalue weighted by Crippen LogP contribution is 2.25. The zero-order valence-electron chi connectivity index (χ0n) is 8.92. The van der Waals surface area contributed by atoms with E-state index in [1.165, 1.54) is 0 Å². The molecule has 0 radical (unpaired) electrons. The first-order valence-electron chi connectivity index (χ1n) is 5.04. The smallest absolute Gasteiger partial charge is 0.161 e. The third-order valence-corrected chi connectivity index (χ3v) is 2.64. The molecule has 0 fully saturated rings. The molecule has 1 N–H and O–H groups in total. The number of rotatable bonds is 1. The molecule has 3 aromatic rings. The Kier molecular flexibility index (Phi) is 2.01. The Morgan fingerprint density at radius 3 is 2.71 bits per heavy atom. The molecule has 0 unspecified atom stereocenters. The second kappa shape index (κ2) is 3.41. The largest absolute Gasteiger partial charge is 0.469 e. The third kappa shape index (κ3) is 1.51. The number of benzene rings is 1. The van der Waals surface area contributed by atoms with Crippen LogP contribution in [-0.2, 0) is 0 Å². The number of fused-ring (bicyclic) bond motifs is 1. The molecule has 2 heterocycles. The average Bonchev–Trinajstić information content (AvgIpc) is 2.85. The lowest BCUT2D eigenvalue weighted by Gasteiger charge is -1.91. The molecule has 2 aromatic heterocycles. The highest BCUT2D eigenvalue weighted by Gasteiger charge is 2.12. The quantitative estimate of drug-likeness (QED) is 0.701. The van der Waals surface area contributed by atoms with E-state index in [9.17, 15) is 8.78 Å². The maximum atomic E-state index is 13.0. The molecule has 0 spiro atoms. The van der Waals surface area contributed by atoms with Gasteiger partial charge in [-0.1, -0.05) is 0 Å². The third-order valence-electron chi connectivity index (χ3n) is 2.64. The summed E-state index contributed by atoms with van der Waals surface area (Å²) >= 11 is 0. The average molecular weight is 234 g/mol. The van der Waals surface area contributed by atoms with Gasteiger partial charge in [0.2, 0.25) is 0 Å². The molecule has 1 aromatic carbocycles. The molecule has 0 amide bonds. The Morgan fingerprint density at radius 2 is 2.00 bits per heavy atom. The van der Waals surface area contributed by atoms with Gasteiger partial charge in [0.05, 0.1) is 22.9 Å². The lowest BCUT2D eigenvalue weighted by Crippen LogP contribution is -1.82. The minimum absolute atomic E-state index is 0.388. The predicted molar refractivity (Wildman–Crippen MR) is 58.4 cm³/mol. The van der Waals surface area contributed by atoms with Gasteiger partial charge < -0.3 is 9.40 Å². The summed E-state index contributed by atoms with van der Waals surface area (Å²) < 4.78 is 31.2. The molecule has 5 heteroatoms. The first-order chi connectivity index (χ1) is 8.15.